The summed E-state index contributed by atoms with van der Waals surface area (Å²) in [6, 6.07) is 75.4. The molecule has 2 nitrogen and oxygen atoms in total. The standard InChI is InChI=1S/C55H34N2S2/c1-3-14-36(15-4-1)48-31-41(25-27-44(48)40-24-23-35-13-7-8-18-38(35)29-40)57(51-30-39-19-9-10-20-43(39)45-21-11-12-22-46(45)51)42-26-28-47-49-33-50-54(34-53(49)58-52(47)32-42)59-55(56-50)37-16-5-2-6-17-37/h1-34H. The third-order valence-electron chi connectivity index (χ3n) is 11.6. The maximum absolute atomic E-state index is 5.09. The van der Waals surface area contributed by atoms with Gasteiger partial charge >= 0.3 is 0 Å². The summed E-state index contributed by atoms with van der Waals surface area (Å²) >= 11 is 3.63. The molecule has 12 rings (SSSR count). The molecule has 0 radical (unpaired) electrons. The molecule has 0 atom stereocenters. The van der Waals surface area contributed by atoms with Crippen molar-refractivity contribution in [1.29, 1.82) is 0 Å². The van der Waals surface area contributed by atoms with E-state index in [-0.39, 0.29) is 0 Å². The summed E-state index contributed by atoms with van der Waals surface area (Å²) in [5.74, 6) is 0. The van der Waals surface area contributed by atoms with Gasteiger partial charge in [0.2, 0.25) is 0 Å². The van der Waals surface area contributed by atoms with Crippen molar-refractivity contribution in [1.82, 2.24) is 4.98 Å². The molecule has 0 aliphatic heterocycles. The fourth-order valence-electron chi connectivity index (χ4n) is 8.81. The monoisotopic (exact) mass is 786 g/mol. The van der Waals surface area contributed by atoms with Crippen molar-refractivity contribution in [2.24, 2.45) is 0 Å². The van der Waals surface area contributed by atoms with Crippen LogP contribution < -0.4 is 4.90 Å². The van der Waals surface area contributed by atoms with E-state index in [1.807, 2.05) is 11.3 Å². The summed E-state index contributed by atoms with van der Waals surface area (Å²) in [5.41, 5.74) is 10.4. The minimum absolute atomic E-state index is 1.05. The number of thiazole rings is 1. The zero-order valence-electron chi connectivity index (χ0n) is 31.8. The lowest BCUT2D eigenvalue weighted by Gasteiger charge is -2.29. The highest BCUT2D eigenvalue weighted by Gasteiger charge is 2.21. The molecule has 0 aliphatic carbocycles. The Labute approximate surface area is 349 Å². The Balaban J connectivity index is 1.08. The van der Waals surface area contributed by atoms with Crippen LogP contribution in [0.3, 0.4) is 0 Å². The zero-order valence-corrected chi connectivity index (χ0v) is 33.5. The second-order valence-electron chi connectivity index (χ2n) is 15.1. The molecule has 0 fully saturated rings. The smallest absolute Gasteiger partial charge is 0.124 e. The fourth-order valence-corrected chi connectivity index (χ4v) is 11.0. The Morgan fingerprint density at radius 1 is 0.339 bits per heavy atom. The number of rotatable bonds is 6. The van der Waals surface area contributed by atoms with Crippen molar-refractivity contribution >= 4 is 102 Å². The highest BCUT2D eigenvalue weighted by Crippen LogP contribution is 2.47. The van der Waals surface area contributed by atoms with Gasteiger partial charge in [0.15, 0.2) is 0 Å². The average Bonchev–Trinajstić information content (AvgIpc) is 3.89. The normalized spacial score (nSPS) is 11.7. The van der Waals surface area contributed by atoms with Gasteiger partial charge in [0.1, 0.15) is 5.01 Å². The molecule has 4 heteroatoms. The van der Waals surface area contributed by atoms with Gasteiger partial charge in [0.05, 0.1) is 15.9 Å². The SMILES string of the molecule is c1ccc(-c2nc3cc4c(cc3s2)sc2cc(N(c3ccc(-c5ccc6ccccc6c5)c(-c5ccccc5)c3)c3cc5ccccc5c5ccccc35)ccc24)cc1. The van der Waals surface area contributed by atoms with Crippen molar-refractivity contribution in [3.63, 3.8) is 0 Å². The minimum Gasteiger partial charge on any atom is -0.310 e. The van der Waals surface area contributed by atoms with Crippen LogP contribution in [0.5, 0.6) is 0 Å². The first kappa shape index (κ1) is 34.0. The molecule has 0 N–H and O–H groups in total. The number of nitrogens with zero attached hydrogens (tertiary/aromatic N) is 2. The number of benzene rings is 10. The van der Waals surface area contributed by atoms with Gasteiger partial charge in [-0.1, -0.05) is 158 Å². The molecule has 10 aromatic carbocycles. The third-order valence-corrected chi connectivity index (χ3v) is 13.8. The Bertz CT molecular complexity index is 3570. The largest absolute Gasteiger partial charge is 0.310 e. The van der Waals surface area contributed by atoms with E-state index in [0.29, 0.717) is 0 Å². The average molecular weight is 787 g/mol. The van der Waals surface area contributed by atoms with Crippen LogP contribution in [0.4, 0.5) is 17.1 Å². The summed E-state index contributed by atoms with van der Waals surface area (Å²) in [6.45, 7) is 0. The van der Waals surface area contributed by atoms with Gasteiger partial charge in [-0.3, -0.25) is 0 Å². The molecule has 0 spiro atoms. The van der Waals surface area contributed by atoms with Crippen LogP contribution in [0.1, 0.15) is 0 Å². The van der Waals surface area contributed by atoms with Gasteiger partial charge in [-0.25, -0.2) is 4.98 Å². The molecule has 0 bridgehead atoms. The number of anilines is 3. The zero-order chi connectivity index (χ0) is 38.9. The van der Waals surface area contributed by atoms with Crippen LogP contribution in [-0.4, -0.2) is 4.98 Å². The Kier molecular flexibility index (Phi) is 7.93. The summed E-state index contributed by atoms with van der Waals surface area (Å²) in [7, 11) is 0. The number of hydrogen-bond donors (Lipinski definition) is 0. The van der Waals surface area contributed by atoms with E-state index < -0.39 is 0 Å². The van der Waals surface area contributed by atoms with Gasteiger partial charge in [0.25, 0.3) is 0 Å². The molecule has 0 saturated heterocycles. The maximum Gasteiger partial charge on any atom is 0.124 e. The van der Waals surface area contributed by atoms with E-state index in [4.69, 9.17) is 4.98 Å². The molecule has 0 unspecified atom stereocenters. The van der Waals surface area contributed by atoms with Crippen LogP contribution in [0.2, 0.25) is 0 Å². The lowest BCUT2D eigenvalue weighted by molar-refractivity contribution is 1.31. The quantitative estimate of drug-likeness (QED) is 0.156. The van der Waals surface area contributed by atoms with Crippen LogP contribution >= 0.6 is 22.7 Å². The third kappa shape index (κ3) is 5.79. The first-order chi connectivity index (χ1) is 29.2. The fraction of sp³-hybridized carbons (Fsp3) is 0. The molecular formula is C55H34N2S2. The highest BCUT2D eigenvalue weighted by atomic mass is 32.1. The van der Waals surface area contributed by atoms with E-state index in [9.17, 15) is 0 Å². The highest BCUT2D eigenvalue weighted by molar-refractivity contribution is 7.26. The first-order valence-electron chi connectivity index (χ1n) is 19.9. The number of aromatic nitrogens is 1. The number of thiophene rings is 1. The predicted molar refractivity (Wildman–Crippen MR) is 256 cm³/mol. The second-order valence-corrected chi connectivity index (χ2v) is 17.3. The summed E-state index contributed by atoms with van der Waals surface area (Å²) in [6.07, 6.45) is 0. The molecule has 12 aromatic rings. The van der Waals surface area contributed by atoms with Gasteiger partial charge in [-0.15, -0.1) is 22.7 Å². The molecule has 2 heterocycles. The van der Waals surface area contributed by atoms with Gasteiger partial charge in [-0.2, -0.15) is 0 Å². The topological polar surface area (TPSA) is 16.1 Å². The molecule has 2 aromatic heterocycles. The molecule has 0 aliphatic rings. The van der Waals surface area contributed by atoms with E-state index in [2.05, 4.69) is 211 Å². The lowest BCUT2D eigenvalue weighted by Crippen LogP contribution is -2.11. The van der Waals surface area contributed by atoms with E-state index in [0.717, 1.165) is 33.1 Å². The second kappa shape index (κ2) is 13.8. The van der Waals surface area contributed by atoms with Crippen molar-refractivity contribution in [2.75, 3.05) is 4.90 Å². The lowest BCUT2D eigenvalue weighted by atomic mass is 9.92. The van der Waals surface area contributed by atoms with Gasteiger partial charge < -0.3 is 4.90 Å². The number of fused-ring (bicyclic) bond motifs is 8. The van der Waals surface area contributed by atoms with E-state index in [1.54, 1.807) is 11.3 Å². The van der Waals surface area contributed by atoms with E-state index >= 15 is 0 Å². The Morgan fingerprint density at radius 2 is 1.00 bits per heavy atom. The molecule has 0 saturated carbocycles. The van der Waals surface area contributed by atoms with Crippen molar-refractivity contribution in [3.8, 4) is 32.8 Å². The van der Waals surface area contributed by atoms with Crippen molar-refractivity contribution in [3.05, 3.63) is 206 Å². The maximum atomic E-state index is 5.09. The molecular weight excluding hydrogens is 753 g/mol. The first-order valence-corrected chi connectivity index (χ1v) is 21.6. The van der Waals surface area contributed by atoms with E-state index in [1.165, 1.54) is 79.4 Å². The Hall–Kier alpha value is -7.11. The van der Waals surface area contributed by atoms with Crippen LogP contribution in [0.15, 0.2) is 206 Å². The minimum atomic E-state index is 1.05. The van der Waals surface area contributed by atoms with Crippen LogP contribution in [-0.2, 0) is 0 Å². The van der Waals surface area contributed by atoms with Crippen LogP contribution in [0, 0.1) is 0 Å². The van der Waals surface area contributed by atoms with Gasteiger partial charge in [-0.05, 0) is 97.7 Å². The molecule has 276 valence electrons. The van der Waals surface area contributed by atoms with Crippen LogP contribution in [0.25, 0.3) is 95.5 Å². The van der Waals surface area contributed by atoms with Gasteiger partial charge in [0, 0.05) is 42.5 Å². The summed E-state index contributed by atoms with van der Waals surface area (Å²) in [4.78, 5) is 7.56. The molecule has 59 heavy (non-hydrogen) atoms. The number of hydrogen-bond acceptors (Lipinski definition) is 4. The summed E-state index contributed by atoms with van der Waals surface area (Å²) in [5, 5.41) is 11.0. The Morgan fingerprint density at radius 3 is 1.83 bits per heavy atom. The predicted octanol–water partition coefficient (Wildman–Crippen LogP) is 16.6. The molecule has 0 amide bonds. The van der Waals surface area contributed by atoms with Crippen molar-refractivity contribution in [2.45, 2.75) is 0 Å². The van der Waals surface area contributed by atoms with Crippen molar-refractivity contribution < 1.29 is 0 Å². The summed E-state index contributed by atoms with van der Waals surface area (Å²) < 4.78 is 3.75.